The molecule has 3 aromatic rings. The molecule has 2 aromatic carbocycles. The van der Waals surface area contributed by atoms with Crippen molar-refractivity contribution in [2.24, 2.45) is 0 Å². The Balaban J connectivity index is 1.70. The van der Waals surface area contributed by atoms with Gasteiger partial charge in [-0.3, -0.25) is 0 Å². The van der Waals surface area contributed by atoms with Crippen molar-refractivity contribution in [3.63, 3.8) is 0 Å². The average Bonchev–Trinajstić information content (AvgIpc) is 3.10. The lowest BCUT2D eigenvalue weighted by molar-refractivity contribution is 0.580. The molecule has 148 valence electrons. The zero-order chi connectivity index (χ0) is 20.4. The Bertz CT molecular complexity index is 1190. The Kier molecular flexibility index (Phi) is 6.04. The number of nitrogens with one attached hydrogen (secondary N) is 1. The summed E-state index contributed by atoms with van der Waals surface area (Å²) in [4.78, 5) is -0.178. The number of benzene rings is 2. The van der Waals surface area contributed by atoms with Gasteiger partial charge in [-0.2, -0.15) is 5.10 Å². The summed E-state index contributed by atoms with van der Waals surface area (Å²) in [6, 6.07) is 15.3. The zero-order valence-corrected chi connectivity index (χ0v) is 18.1. The van der Waals surface area contributed by atoms with Crippen LogP contribution in [0.2, 0.25) is 0 Å². The van der Waals surface area contributed by atoms with Gasteiger partial charge < -0.3 is 0 Å². The molecule has 0 bridgehead atoms. The number of rotatable bonds is 7. The molecule has 0 aliphatic heterocycles. The van der Waals surface area contributed by atoms with Crippen molar-refractivity contribution in [2.45, 2.75) is 16.2 Å². The van der Waals surface area contributed by atoms with Gasteiger partial charge in [0, 0.05) is 29.9 Å². The molecular formula is C18H18BrN3O4S2. The summed E-state index contributed by atoms with van der Waals surface area (Å²) < 4.78 is 53.1. The van der Waals surface area contributed by atoms with E-state index in [1.54, 1.807) is 4.68 Å². The quantitative estimate of drug-likeness (QED) is 0.556. The third kappa shape index (κ3) is 4.88. The molecule has 0 fully saturated rings. The van der Waals surface area contributed by atoms with E-state index in [2.05, 4.69) is 25.8 Å². The first-order chi connectivity index (χ1) is 13.2. The van der Waals surface area contributed by atoms with E-state index in [1.807, 2.05) is 42.6 Å². The maximum atomic E-state index is 12.6. The highest BCUT2D eigenvalue weighted by Gasteiger charge is 2.20. The SMILES string of the molecule is CS(=O)(=O)c1ccc(Br)c(S(=O)(=O)NCCc2ccn(-c3ccccc3)n2)c1. The summed E-state index contributed by atoms with van der Waals surface area (Å²) in [6.07, 6.45) is 3.23. The number of sulfone groups is 1. The molecule has 0 aliphatic carbocycles. The highest BCUT2D eigenvalue weighted by atomic mass is 79.9. The minimum Gasteiger partial charge on any atom is -0.241 e. The number of halogens is 1. The Morgan fingerprint density at radius 3 is 2.43 bits per heavy atom. The van der Waals surface area contributed by atoms with Gasteiger partial charge in [0.25, 0.3) is 0 Å². The third-order valence-corrected chi connectivity index (χ3v) is 7.52. The predicted octanol–water partition coefficient (Wildman–Crippen LogP) is 2.56. The maximum absolute atomic E-state index is 12.6. The standard InChI is InChI=1S/C18H18BrN3O4S2/c1-27(23,24)16-7-8-17(19)18(13-16)28(25,26)20-11-9-14-10-12-22(21-14)15-5-3-2-4-6-15/h2-8,10,12-13,20H,9,11H2,1H3. The Labute approximate surface area is 172 Å². The van der Waals surface area contributed by atoms with Crippen molar-refractivity contribution < 1.29 is 16.8 Å². The van der Waals surface area contributed by atoms with E-state index in [-0.39, 0.29) is 16.3 Å². The lowest BCUT2D eigenvalue weighted by atomic mass is 10.3. The first kappa shape index (κ1) is 20.7. The molecule has 1 N–H and O–H groups in total. The van der Waals surface area contributed by atoms with Crippen molar-refractivity contribution in [3.05, 3.63) is 71.0 Å². The average molecular weight is 484 g/mol. The molecule has 1 heterocycles. The molecule has 7 nitrogen and oxygen atoms in total. The second kappa shape index (κ2) is 8.16. The topological polar surface area (TPSA) is 98.1 Å². The number of nitrogens with zero attached hydrogens (tertiary/aromatic N) is 2. The van der Waals surface area contributed by atoms with Crippen LogP contribution in [0.15, 0.2) is 75.1 Å². The number of hydrogen-bond donors (Lipinski definition) is 1. The molecule has 1 aromatic heterocycles. The van der Waals surface area contributed by atoms with Crippen molar-refractivity contribution in [3.8, 4) is 5.69 Å². The van der Waals surface area contributed by atoms with E-state index >= 15 is 0 Å². The van der Waals surface area contributed by atoms with Gasteiger partial charge in [-0.25, -0.2) is 26.2 Å². The summed E-state index contributed by atoms with van der Waals surface area (Å²) in [7, 11) is -7.40. The lowest BCUT2D eigenvalue weighted by Crippen LogP contribution is -2.26. The van der Waals surface area contributed by atoms with Gasteiger partial charge in [-0.1, -0.05) is 18.2 Å². The van der Waals surface area contributed by atoms with Gasteiger partial charge in [0.2, 0.25) is 10.0 Å². The van der Waals surface area contributed by atoms with Gasteiger partial charge in [-0.05, 0) is 52.3 Å². The Hall–Kier alpha value is -2.01. The van der Waals surface area contributed by atoms with E-state index in [9.17, 15) is 16.8 Å². The van der Waals surface area contributed by atoms with Gasteiger partial charge in [0.05, 0.1) is 21.2 Å². The number of sulfonamides is 1. The first-order valence-electron chi connectivity index (χ1n) is 8.26. The second-order valence-electron chi connectivity index (χ2n) is 6.10. The van der Waals surface area contributed by atoms with Crippen LogP contribution < -0.4 is 4.72 Å². The summed E-state index contributed by atoms with van der Waals surface area (Å²) in [5.74, 6) is 0. The summed E-state index contributed by atoms with van der Waals surface area (Å²) in [5, 5.41) is 4.43. The molecule has 0 aliphatic rings. The van der Waals surface area contributed by atoms with Crippen LogP contribution in [0.1, 0.15) is 5.69 Å². The molecule has 0 atom stereocenters. The minimum atomic E-state index is -3.89. The molecule has 28 heavy (non-hydrogen) atoms. The van der Waals surface area contributed by atoms with E-state index in [0.717, 1.165) is 23.7 Å². The number of aromatic nitrogens is 2. The molecule has 0 saturated heterocycles. The molecular weight excluding hydrogens is 466 g/mol. The van der Waals surface area contributed by atoms with Gasteiger partial charge in [-0.15, -0.1) is 0 Å². The molecule has 0 amide bonds. The monoisotopic (exact) mass is 483 g/mol. The Morgan fingerprint density at radius 2 is 1.75 bits per heavy atom. The fraction of sp³-hybridized carbons (Fsp3) is 0.167. The van der Waals surface area contributed by atoms with Crippen LogP contribution >= 0.6 is 15.9 Å². The zero-order valence-electron chi connectivity index (χ0n) is 14.9. The highest BCUT2D eigenvalue weighted by Crippen LogP contribution is 2.25. The number of hydrogen-bond acceptors (Lipinski definition) is 5. The van der Waals surface area contributed by atoms with Crippen molar-refractivity contribution in [2.75, 3.05) is 12.8 Å². The smallest absolute Gasteiger partial charge is 0.241 e. The first-order valence-corrected chi connectivity index (χ1v) is 12.4. The predicted molar refractivity (Wildman–Crippen MR) is 110 cm³/mol. The molecule has 3 rings (SSSR count). The van der Waals surface area contributed by atoms with Gasteiger partial charge in [0.1, 0.15) is 0 Å². The molecule has 0 spiro atoms. The van der Waals surface area contributed by atoms with Crippen LogP contribution in [0.3, 0.4) is 0 Å². The van der Waals surface area contributed by atoms with Crippen molar-refractivity contribution in [1.29, 1.82) is 0 Å². The lowest BCUT2D eigenvalue weighted by Gasteiger charge is -2.09. The fourth-order valence-corrected chi connectivity index (χ4v) is 5.27. The minimum absolute atomic E-state index is 0.0577. The van der Waals surface area contributed by atoms with Crippen LogP contribution in [-0.2, 0) is 26.3 Å². The van der Waals surface area contributed by atoms with Crippen LogP contribution in [-0.4, -0.2) is 39.4 Å². The maximum Gasteiger partial charge on any atom is 0.241 e. The molecule has 0 unspecified atom stereocenters. The van der Waals surface area contributed by atoms with Crippen molar-refractivity contribution >= 4 is 35.8 Å². The fourth-order valence-electron chi connectivity index (χ4n) is 2.53. The highest BCUT2D eigenvalue weighted by molar-refractivity contribution is 9.10. The van der Waals surface area contributed by atoms with E-state index in [1.165, 1.54) is 12.1 Å². The largest absolute Gasteiger partial charge is 0.241 e. The van der Waals surface area contributed by atoms with Crippen LogP contribution in [0, 0.1) is 0 Å². The van der Waals surface area contributed by atoms with E-state index in [4.69, 9.17) is 0 Å². The summed E-state index contributed by atoms with van der Waals surface area (Å²) in [6.45, 7) is 0.129. The Morgan fingerprint density at radius 1 is 1.04 bits per heavy atom. The van der Waals surface area contributed by atoms with Crippen LogP contribution in [0.5, 0.6) is 0 Å². The van der Waals surface area contributed by atoms with E-state index < -0.39 is 19.9 Å². The second-order valence-corrected chi connectivity index (χ2v) is 10.7. The molecule has 10 heteroatoms. The van der Waals surface area contributed by atoms with Gasteiger partial charge >= 0.3 is 0 Å². The number of para-hydroxylation sites is 1. The van der Waals surface area contributed by atoms with Gasteiger partial charge in [0.15, 0.2) is 9.84 Å². The molecule has 0 radical (unpaired) electrons. The third-order valence-electron chi connectivity index (χ3n) is 3.96. The van der Waals surface area contributed by atoms with Crippen LogP contribution in [0.4, 0.5) is 0 Å². The summed E-state index contributed by atoms with van der Waals surface area (Å²) in [5.41, 5.74) is 1.64. The normalized spacial score (nSPS) is 12.2. The van der Waals surface area contributed by atoms with E-state index in [0.29, 0.717) is 10.9 Å². The molecule has 0 saturated carbocycles. The summed E-state index contributed by atoms with van der Waals surface area (Å²) >= 11 is 3.17. The van der Waals surface area contributed by atoms with Crippen LogP contribution in [0.25, 0.3) is 5.69 Å². The van der Waals surface area contributed by atoms with Crippen molar-refractivity contribution in [1.82, 2.24) is 14.5 Å².